The van der Waals surface area contributed by atoms with E-state index in [2.05, 4.69) is 45.0 Å². The highest BCUT2D eigenvalue weighted by atomic mass is 32.2. The van der Waals surface area contributed by atoms with Crippen LogP contribution in [0.3, 0.4) is 0 Å². The van der Waals surface area contributed by atoms with Crippen LogP contribution in [0, 0.1) is 19.8 Å². The minimum absolute atomic E-state index is 0.325. The van der Waals surface area contributed by atoms with Gasteiger partial charge < -0.3 is 10.8 Å². The number of hydrogen-bond acceptors (Lipinski definition) is 4. The van der Waals surface area contributed by atoms with E-state index in [0.717, 1.165) is 45.0 Å². The van der Waals surface area contributed by atoms with Gasteiger partial charge in [-0.15, -0.1) is 11.8 Å². The lowest BCUT2D eigenvalue weighted by Gasteiger charge is -2.21. The SMILES string of the molecule is Cc1ccc(-c2c(CSc3ccccc3C(=O)O)c(C)nc(CC(C)C)c2CN)cc1. The fourth-order valence-corrected chi connectivity index (χ4v) is 4.92. The summed E-state index contributed by atoms with van der Waals surface area (Å²) in [6, 6.07) is 15.6. The molecule has 0 spiro atoms. The molecule has 0 aliphatic carbocycles. The van der Waals surface area contributed by atoms with Gasteiger partial charge in [-0.1, -0.05) is 55.8 Å². The molecule has 0 atom stereocenters. The number of hydrogen-bond donors (Lipinski definition) is 2. The molecule has 2 aromatic carbocycles. The maximum absolute atomic E-state index is 11.6. The molecular weight excluding hydrogens is 404 g/mol. The fourth-order valence-electron chi connectivity index (χ4n) is 3.78. The molecule has 0 aliphatic heterocycles. The number of nitrogens with two attached hydrogens (primary N) is 1. The number of rotatable bonds is 8. The van der Waals surface area contributed by atoms with Gasteiger partial charge in [-0.05, 0) is 60.6 Å². The molecule has 0 unspecified atom stereocenters. The summed E-state index contributed by atoms with van der Waals surface area (Å²) in [4.78, 5) is 17.3. The van der Waals surface area contributed by atoms with Crippen LogP contribution in [0.15, 0.2) is 53.4 Å². The number of pyridine rings is 1. The van der Waals surface area contributed by atoms with Crippen molar-refractivity contribution in [3.05, 3.63) is 82.2 Å². The summed E-state index contributed by atoms with van der Waals surface area (Å²) in [5.74, 6) is 0.193. The van der Waals surface area contributed by atoms with Crippen molar-refractivity contribution in [1.29, 1.82) is 0 Å². The molecule has 162 valence electrons. The van der Waals surface area contributed by atoms with Gasteiger partial charge in [-0.2, -0.15) is 0 Å². The van der Waals surface area contributed by atoms with Crippen LogP contribution in [0.2, 0.25) is 0 Å². The van der Waals surface area contributed by atoms with Gasteiger partial charge in [-0.3, -0.25) is 4.98 Å². The summed E-state index contributed by atoms with van der Waals surface area (Å²) < 4.78 is 0. The zero-order valence-electron chi connectivity index (χ0n) is 18.6. The zero-order valence-corrected chi connectivity index (χ0v) is 19.4. The lowest BCUT2D eigenvalue weighted by molar-refractivity contribution is 0.0693. The van der Waals surface area contributed by atoms with E-state index in [4.69, 9.17) is 10.7 Å². The summed E-state index contributed by atoms with van der Waals surface area (Å²) >= 11 is 1.53. The number of aromatic carboxylic acids is 1. The Bertz CT molecular complexity index is 1080. The number of benzene rings is 2. The fraction of sp³-hybridized carbons (Fsp3) is 0.308. The van der Waals surface area contributed by atoms with Crippen molar-refractivity contribution in [1.82, 2.24) is 4.98 Å². The van der Waals surface area contributed by atoms with E-state index in [1.807, 2.05) is 19.1 Å². The van der Waals surface area contributed by atoms with E-state index in [1.165, 1.54) is 17.3 Å². The first kappa shape index (κ1) is 23.0. The van der Waals surface area contributed by atoms with Gasteiger partial charge in [0.05, 0.1) is 5.56 Å². The number of aromatic nitrogens is 1. The van der Waals surface area contributed by atoms with Crippen LogP contribution in [0.4, 0.5) is 0 Å². The highest BCUT2D eigenvalue weighted by Gasteiger charge is 2.20. The van der Waals surface area contributed by atoms with E-state index in [1.54, 1.807) is 12.1 Å². The molecule has 0 bridgehead atoms. The Morgan fingerprint density at radius 2 is 1.74 bits per heavy atom. The molecule has 0 radical (unpaired) electrons. The molecule has 1 aromatic heterocycles. The van der Waals surface area contributed by atoms with Crippen molar-refractivity contribution in [2.45, 2.75) is 51.3 Å². The van der Waals surface area contributed by atoms with Crippen LogP contribution in [0.5, 0.6) is 0 Å². The smallest absolute Gasteiger partial charge is 0.336 e. The van der Waals surface area contributed by atoms with Crippen molar-refractivity contribution in [3.8, 4) is 11.1 Å². The van der Waals surface area contributed by atoms with Crippen LogP contribution >= 0.6 is 11.8 Å². The van der Waals surface area contributed by atoms with Gasteiger partial charge in [-0.25, -0.2) is 4.79 Å². The molecular formula is C26H30N2O2S. The highest BCUT2D eigenvalue weighted by molar-refractivity contribution is 7.98. The predicted molar refractivity (Wildman–Crippen MR) is 129 cm³/mol. The Labute approximate surface area is 188 Å². The second-order valence-corrected chi connectivity index (χ2v) is 9.25. The van der Waals surface area contributed by atoms with Crippen LogP contribution in [-0.2, 0) is 18.7 Å². The summed E-state index contributed by atoms with van der Waals surface area (Å²) in [6.45, 7) is 8.92. The van der Waals surface area contributed by atoms with Crippen LogP contribution < -0.4 is 5.73 Å². The first-order valence-electron chi connectivity index (χ1n) is 10.5. The maximum atomic E-state index is 11.6. The molecule has 31 heavy (non-hydrogen) atoms. The van der Waals surface area contributed by atoms with E-state index in [0.29, 0.717) is 23.8 Å². The van der Waals surface area contributed by atoms with Crippen LogP contribution in [0.1, 0.15) is 52.3 Å². The topological polar surface area (TPSA) is 76.2 Å². The van der Waals surface area contributed by atoms with Crippen molar-refractivity contribution in [2.24, 2.45) is 11.7 Å². The molecule has 1 heterocycles. The molecule has 0 saturated carbocycles. The Kier molecular flexibility index (Phi) is 7.52. The molecule has 0 fully saturated rings. The zero-order chi connectivity index (χ0) is 22.5. The quantitative estimate of drug-likeness (QED) is 0.424. The Balaban J connectivity index is 2.12. The first-order valence-corrected chi connectivity index (χ1v) is 11.5. The van der Waals surface area contributed by atoms with E-state index in [9.17, 15) is 9.90 Å². The number of carboxylic acid groups (broad SMARTS) is 1. The van der Waals surface area contributed by atoms with Gasteiger partial charge >= 0.3 is 5.97 Å². The van der Waals surface area contributed by atoms with E-state index in [-0.39, 0.29) is 0 Å². The summed E-state index contributed by atoms with van der Waals surface area (Å²) in [6.07, 6.45) is 0.876. The summed E-state index contributed by atoms with van der Waals surface area (Å²) in [5.41, 5.74) is 14.3. The van der Waals surface area contributed by atoms with Crippen molar-refractivity contribution in [2.75, 3.05) is 0 Å². The lowest BCUT2D eigenvalue weighted by Crippen LogP contribution is -2.13. The third kappa shape index (κ3) is 5.35. The predicted octanol–water partition coefficient (Wildman–Crippen LogP) is 6.01. The lowest BCUT2D eigenvalue weighted by atomic mass is 9.90. The Hall–Kier alpha value is -2.63. The number of nitrogens with zero attached hydrogens (tertiary/aromatic N) is 1. The molecule has 5 heteroatoms. The first-order chi connectivity index (χ1) is 14.8. The standard InChI is InChI=1S/C26H30N2O2S/c1-16(2)13-23-21(14-27)25(19-11-9-17(3)10-12-19)22(18(4)28-23)15-31-24-8-6-5-7-20(24)26(29)30/h5-12,16H,13-15,27H2,1-4H3,(H,29,30). The average molecular weight is 435 g/mol. The molecule has 3 rings (SSSR count). The van der Waals surface area contributed by atoms with Crippen LogP contribution in [0.25, 0.3) is 11.1 Å². The monoisotopic (exact) mass is 434 g/mol. The highest BCUT2D eigenvalue weighted by Crippen LogP contribution is 2.36. The second-order valence-electron chi connectivity index (χ2n) is 8.23. The van der Waals surface area contributed by atoms with Crippen molar-refractivity contribution in [3.63, 3.8) is 0 Å². The van der Waals surface area contributed by atoms with Gasteiger partial charge in [0.15, 0.2) is 0 Å². The normalized spacial score (nSPS) is 11.2. The van der Waals surface area contributed by atoms with Gasteiger partial charge in [0.25, 0.3) is 0 Å². The third-order valence-corrected chi connectivity index (χ3v) is 6.43. The Morgan fingerprint density at radius 1 is 1.06 bits per heavy atom. The third-order valence-electron chi connectivity index (χ3n) is 5.33. The number of carboxylic acids is 1. The van der Waals surface area contributed by atoms with E-state index >= 15 is 0 Å². The van der Waals surface area contributed by atoms with Gasteiger partial charge in [0, 0.05) is 28.6 Å². The van der Waals surface area contributed by atoms with Crippen LogP contribution in [-0.4, -0.2) is 16.1 Å². The van der Waals surface area contributed by atoms with Gasteiger partial charge in [0.1, 0.15) is 0 Å². The largest absolute Gasteiger partial charge is 0.478 e. The summed E-state index contributed by atoms with van der Waals surface area (Å²) in [5, 5.41) is 9.54. The van der Waals surface area contributed by atoms with E-state index < -0.39 is 5.97 Å². The number of aryl methyl sites for hydroxylation is 2. The minimum atomic E-state index is -0.911. The minimum Gasteiger partial charge on any atom is -0.478 e. The molecule has 0 amide bonds. The molecule has 3 N–H and O–H groups in total. The second kappa shape index (κ2) is 10.1. The molecule has 3 aromatic rings. The molecule has 0 saturated heterocycles. The molecule has 0 aliphatic rings. The number of carbonyl (C=O) groups is 1. The van der Waals surface area contributed by atoms with Crippen molar-refractivity contribution >= 4 is 17.7 Å². The average Bonchev–Trinajstić information content (AvgIpc) is 2.73. The maximum Gasteiger partial charge on any atom is 0.336 e. The molecule has 4 nitrogen and oxygen atoms in total. The van der Waals surface area contributed by atoms with Gasteiger partial charge in [0.2, 0.25) is 0 Å². The number of thioether (sulfide) groups is 1. The van der Waals surface area contributed by atoms with Crippen molar-refractivity contribution < 1.29 is 9.90 Å². The Morgan fingerprint density at radius 3 is 2.35 bits per heavy atom. The summed E-state index contributed by atoms with van der Waals surface area (Å²) in [7, 11) is 0.